The molecule has 0 radical (unpaired) electrons. The highest BCUT2D eigenvalue weighted by atomic mass is 16.2. The lowest BCUT2D eigenvalue weighted by molar-refractivity contribution is -0.128. The van der Waals surface area contributed by atoms with E-state index in [9.17, 15) is 4.79 Å². The largest absolute Gasteiger partial charge is 0.370 e. The van der Waals surface area contributed by atoms with E-state index in [1.54, 1.807) is 13.3 Å². The molecule has 1 aliphatic rings. The van der Waals surface area contributed by atoms with Crippen molar-refractivity contribution in [3.8, 4) is 0 Å². The quantitative estimate of drug-likeness (QED) is 0.914. The Kier molecular flexibility index (Phi) is 5.36. The number of amides is 1. The molecule has 1 aromatic rings. The number of carbonyl (C=O) groups excluding carboxylic acids is 1. The second-order valence-corrected chi connectivity index (χ2v) is 5.44. The molecule has 0 unspecified atom stereocenters. The molecule has 0 aliphatic carbocycles. The van der Waals surface area contributed by atoms with E-state index in [0.717, 1.165) is 62.8 Å². The molecule has 116 valence electrons. The molecule has 1 aliphatic heterocycles. The summed E-state index contributed by atoms with van der Waals surface area (Å²) in [4.78, 5) is 24.5. The number of aromatic nitrogens is 2. The van der Waals surface area contributed by atoms with Crippen LogP contribution in [0.1, 0.15) is 32.3 Å². The second kappa shape index (κ2) is 7.24. The van der Waals surface area contributed by atoms with Gasteiger partial charge in [-0.3, -0.25) is 4.79 Å². The Labute approximate surface area is 126 Å². The summed E-state index contributed by atoms with van der Waals surface area (Å²) in [6.45, 7) is 10.1. The van der Waals surface area contributed by atoms with Crippen LogP contribution >= 0.6 is 0 Å². The van der Waals surface area contributed by atoms with Gasteiger partial charge >= 0.3 is 0 Å². The molecule has 1 fully saturated rings. The van der Waals surface area contributed by atoms with Crippen LogP contribution in [0.3, 0.4) is 0 Å². The lowest BCUT2D eigenvalue weighted by Crippen LogP contribution is -2.34. The summed E-state index contributed by atoms with van der Waals surface area (Å²) in [5.74, 6) is 2.05. The number of nitrogens with zero attached hydrogens (tertiary/aromatic N) is 4. The molecule has 21 heavy (non-hydrogen) atoms. The first-order valence-electron chi connectivity index (χ1n) is 7.69. The fourth-order valence-corrected chi connectivity index (χ4v) is 2.63. The summed E-state index contributed by atoms with van der Waals surface area (Å²) in [7, 11) is 0. The van der Waals surface area contributed by atoms with E-state index >= 15 is 0 Å². The SMILES string of the molecule is CCCNc1ncnc(N2CCCN(C(C)=O)CC2)c1C. The first-order chi connectivity index (χ1) is 10.1. The van der Waals surface area contributed by atoms with Crippen molar-refractivity contribution in [2.24, 2.45) is 0 Å². The summed E-state index contributed by atoms with van der Waals surface area (Å²) in [6, 6.07) is 0. The minimum absolute atomic E-state index is 0.154. The first kappa shape index (κ1) is 15.5. The Bertz CT molecular complexity index is 491. The molecule has 6 nitrogen and oxygen atoms in total. The Morgan fingerprint density at radius 3 is 2.81 bits per heavy atom. The zero-order chi connectivity index (χ0) is 15.2. The number of hydrogen-bond donors (Lipinski definition) is 1. The topological polar surface area (TPSA) is 61.4 Å². The van der Waals surface area contributed by atoms with E-state index in [-0.39, 0.29) is 5.91 Å². The molecule has 1 aromatic heterocycles. The molecule has 6 heteroatoms. The van der Waals surface area contributed by atoms with Crippen molar-refractivity contribution in [2.45, 2.75) is 33.6 Å². The van der Waals surface area contributed by atoms with Crippen LogP contribution in [-0.4, -0.2) is 53.5 Å². The van der Waals surface area contributed by atoms with Crippen molar-refractivity contribution in [1.82, 2.24) is 14.9 Å². The number of rotatable bonds is 4. The van der Waals surface area contributed by atoms with Crippen molar-refractivity contribution < 1.29 is 4.79 Å². The molecule has 0 aromatic carbocycles. The van der Waals surface area contributed by atoms with Crippen LogP contribution in [0.2, 0.25) is 0 Å². The van der Waals surface area contributed by atoms with Crippen molar-refractivity contribution in [2.75, 3.05) is 42.9 Å². The molecular weight excluding hydrogens is 266 g/mol. The molecule has 0 atom stereocenters. The highest BCUT2D eigenvalue weighted by molar-refractivity contribution is 5.73. The average molecular weight is 291 g/mol. The Morgan fingerprint density at radius 1 is 1.29 bits per heavy atom. The van der Waals surface area contributed by atoms with Gasteiger partial charge in [-0.05, 0) is 19.8 Å². The normalized spacial score (nSPS) is 15.8. The van der Waals surface area contributed by atoms with Gasteiger partial charge < -0.3 is 15.1 Å². The molecule has 0 saturated carbocycles. The van der Waals surface area contributed by atoms with E-state index in [2.05, 4.69) is 34.0 Å². The molecule has 0 spiro atoms. The Balaban J connectivity index is 2.12. The molecule has 2 heterocycles. The third kappa shape index (κ3) is 3.83. The minimum atomic E-state index is 0.154. The van der Waals surface area contributed by atoms with Gasteiger partial charge in [0.15, 0.2) is 0 Å². The van der Waals surface area contributed by atoms with Crippen molar-refractivity contribution in [3.05, 3.63) is 11.9 Å². The van der Waals surface area contributed by atoms with E-state index in [0.29, 0.717) is 0 Å². The van der Waals surface area contributed by atoms with Gasteiger partial charge in [-0.15, -0.1) is 0 Å². The van der Waals surface area contributed by atoms with Gasteiger partial charge in [0.2, 0.25) is 5.91 Å². The molecule has 2 rings (SSSR count). The second-order valence-electron chi connectivity index (χ2n) is 5.44. The summed E-state index contributed by atoms with van der Waals surface area (Å²) in [6.07, 6.45) is 3.66. The molecule has 1 saturated heterocycles. The lowest BCUT2D eigenvalue weighted by Gasteiger charge is -2.24. The van der Waals surface area contributed by atoms with E-state index in [1.807, 2.05) is 4.90 Å². The number of hydrogen-bond acceptors (Lipinski definition) is 5. The predicted octanol–water partition coefficient (Wildman–Crippen LogP) is 1.67. The van der Waals surface area contributed by atoms with Crippen molar-refractivity contribution in [3.63, 3.8) is 0 Å². The summed E-state index contributed by atoms with van der Waals surface area (Å²) >= 11 is 0. The van der Waals surface area contributed by atoms with E-state index < -0.39 is 0 Å². The fourth-order valence-electron chi connectivity index (χ4n) is 2.63. The van der Waals surface area contributed by atoms with Crippen molar-refractivity contribution in [1.29, 1.82) is 0 Å². The third-order valence-electron chi connectivity index (χ3n) is 3.84. The first-order valence-corrected chi connectivity index (χ1v) is 7.69. The Morgan fingerprint density at radius 2 is 2.10 bits per heavy atom. The van der Waals surface area contributed by atoms with Gasteiger partial charge in [0.1, 0.15) is 18.0 Å². The van der Waals surface area contributed by atoms with Crippen LogP contribution in [-0.2, 0) is 4.79 Å². The van der Waals surface area contributed by atoms with Crippen LogP contribution in [0.5, 0.6) is 0 Å². The van der Waals surface area contributed by atoms with Crippen molar-refractivity contribution >= 4 is 17.5 Å². The maximum Gasteiger partial charge on any atom is 0.219 e. The molecule has 1 amide bonds. The van der Waals surface area contributed by atoms with Gasteiger partial charge in [0.05, 0.1) is 0 Å². The minimum Gasteiger partial charge on any atom is -0.370 e. The Hall–Kier alpha value is -1.85. The van der Waals surface area contributed by atoms with Crippen LogP contribution in [0.4, 0.5) is 11.6 Å². The predicted molar refractivity (Wildman–Crippen MR) is 84.6 cm³/mol. The average Bonchev–Trinajstić information content (AvgIpc) is 2.72. The molecular formula is C15H25N5O. The van der Waals surface area contributed by atoms with Gasteiger partial charge in [-0.2, -0.15) is 0 Å². The van der Waals surface area contributed by atoms with Crippen LogP contribution < -0.4 is 10.2 Å². The van der Waals surface area contributed by atoms with Crippen LogP contribution in [0, 0.1) is 6.92 Å². The molecule has 0 bridgehead atoms. The van der Waals surface area contributed by atoms with Gasteiger partial charge in [0, 0.05) is 45.2 Å². The lowest BCUT2D eigenvalue weighted by atomic mass is 10.2. The number of anilines is 2. The maximum absolute atomic E-state index is 11.5. The highest BCUT2D eigenvalue weighted by Crippen LogP contribution is 2.23. The third-order valence-corrected chi connectivity index (χ3v) is 3.84. The van der Waals surface area contributed by atoms with Crippen LogP contribution in [0.25, 0.3) is 0 Å². The van der Waals surface area contributed by atoms with Gasteiger partial charge in [-0.25, -0.2) is 9.97 Å². The zero-order valence-corrected chi connectivity index (χ0v) is 13.2. The highest BCUT2D eigenvalue weighted by Gasteiger charge is 2.19. The van der Waals surface area contributed by atoms with Gasteiger partial charge in [0.25, 0.3) is 0 Å². The summed E-state index contributed by atoms with van der Waals surface area (Å²) < 4.78 is 0. The number of carbonyl (C=O) groups is 1. The summed E-state index contributed by atoms with van der Waals surface area (Å²) in [5.41, 5.74) is 1.09. The monoisotopic (exact) mass is 291 g/mol. The molecule has 1 N–H and O–H groups in total. The van der Waals surface area contributed by atoms with Gasteiger partial charge in [-0.1, -0.05) is 6.92 Å². The van der Waals surface area contributed by atoms with E-state index in [1.165, 1.54) is 0 Å². The standard InChI is InChI=1S/C15H25N5O/c1-4-6-16-14-12(2)15(18-11-17-14)20-8-5-7-19(9-10-20)13(3)21/h11H,4-10H2,1-3H3,(H,16,17,18). The smallest absolute Gasteiger partial charge is 0.219 e. The number of nitrogens with one attached hydrogen (secondary N) is 1. The maximum atomic E-state index is 11.5. The van der Waals surface area contributed by atoms with Crippen LogP contribution in [0.15, 0.2) is 6.33 Å². The van der Waals surface area contributed by atoms with E-state index in [4.69, 9.17) is 0 Å². The zero-order valence-electron chi connectivity index (χ0n) is 13.2. The fraction of sp³-hybridized carbons (Fsp3) is 0.667. The summed E-state index contributed by atoms with van der Waals surface area (Å²) in [5, 5.41) is 3.34.